The predicted octanol–water partition coefficient (Wildman–Crippen LogP) is 0.901. The first kappa shape index (κ1) is 10.5. The minimum Gasteiger partial charge on any atom is -0.354 e. The van der Waals surface area contributed by atoms with Crippen LogP contribution in [0.3, 0.4) is 0 Å². The average molecular weight is 184 g/mol. The maximum absolute atomic E-state index is 11.0. The summed E-state index contributed by atoms with van der Waals surface area (Å²) in [4.78, 5) is 11.0. The van der Waals surface area contributed by atoms with Crippen LogP contribution in [0.2, 0.25) is 0 Å². The Hall–Kier alpha value is -0.570. The third-order valence-corrected chi connectivity index (χ3v) is 2.19. The second-order valence-electron chi connectivity index (χ2n) is 4.97. The van der Waals surface area contributed by atoms with E-state index in [0.29, 0.717) is 17.9 Å². The van der Waals surface area contributed by atoms with Crippen LogP contribution >= 0.6 is 0 Å². The Morgan fingerprint density at radius 2 is 2.15 bits per heavy atom. The van der Waals surface area contributed by atoms with Gasteiger partial charge in [0.05, 0.1) is 0 Å². The van der Waals surface area contributed by atoms with Gasteiger partial charge in [0.1, 0.15) is 0 Å². The number of carbonyl (C=O) groups excluding carboxylic acids is 1. The molecule has 0 radical (unpaired) electrons. The largest absolute Gasteiger partial charge is 0.354 e. The van der Waals surface area contributed by atoms with E-state index in [1.165, 1.54) is 0 Å². The van der Waals surface area contributed by atoms with Gasteiger partial charge in [0, 0.05) is 25.6 Å². The Kier molecular flexibility index (Phi) is 3.31. The average Bonchev–Trinajstić information content (AvgIpc) is 2.12. The van der Waals surface area contributed by atoms with Crippen molar-refractivity contribution in [1.29, 1.82) is 0 Å². The number of nitrogens with one attached hydrogen (secondary N) is 2. The number of hydrogen-bond acceptors (Lipinski definition) is 2. The molecule has 0 bridgehead atoms. The van der Waals surface area contributed by atoms with Crippen molar-refractivity contribution in [2.45, 2.75) is 39.7 Å². The molecule has 1 amide bonds. The van der Waals surface area contributed by atoms with Gasteiger partial charge in [-0.3, -0.25) is 4.79 Å². The molecule has 1 saturated heterocycles. The summed E-state index contributed by atoms with van der Waals surface area (Å²) in [7, 11) is 0. The minimum atomic E-state index is 0.170. The summed E-state index contributed by atoms with van der Waals surface area (Å²) in [6.45, 7) is 8.26. The standard InChI is InChI=1S/C10H20N2O/c1-10(2,3)6-8-7-12-9(13)4-5-11-8/h8,11H,4-7H2,1-3H3,(H,12,13). The fraction of sp³-hybridized carbons (Fsp3) is 0.900. The van der Waals surface area contributed by atoms with E-state index in [-0.39, 0.29) is 5.91 Å². The summed E-state index contributed by atoms with van der Waals surface area (Å²) in [5, 5.41) is 6.30. The van der Waals surface area contributed by atoms with Crippen LogP contribution < -0.4 is 10.6 Å². The molecule has 13 heavy (non-hydrogen) atoms. The van der Waals surface area contributed by atoms with Crippen molar-refractivity contribution in [2.24, 2.45) is 5.41 Å². The summed E-state index contributed by atoms with van der Waals surface area (Å²) < 4.78 is 0. The molecule has 76 valence electrons. The topological polar surface area (TPSA) is 41.1 Å². The summed E-state index contributed by atoms with van der Waals surface area (Å²) in [5.41, 5.74) is 0.326. The van der Waals surface area contributed by atoms with Gasteiger partial charge in [-0.15, -0.1) is 0 Å². The van der Waals surface area contributed by atoms with E-state index in [4.69, 9.17) is 0 Å². The highest BCUT2D eigenvalue weighted by Gasteiger charge is 2.20. The summed E-state index contributed by atoms with van der Waals surface area (Å²) >= 11 is 0. The Morgan fingerprint density at radius 1 is 1.46 bits per heavy atom. The van der Waals surface area contributed by atoms with E-state index in [1.807, 2.05) is 0 Å². The number of rotatable bonds is 1. The van der Waals surface area contributed by atoms with Crippen molar-refractivity contribution in [3.05, 3.63) is 0 Å². The van der Waals surface area contributed by atoms with E-state index in [9.17, 15) is 4.79 Å². The van der Waals surface area contributed by atoms with Crippen LogP contribution in [-0.2, 0) is 4.79 Å². The molecule has 0 aromatic heterocycles. The molecule has 1 rings (SSSR count). The fourth-order valence-electron chi connectivity index (χ4n) is 1.67. The van der Waals surface area contributed by atoms with Gasteiger partial charge >= 0.3 is 0 Å². The van der Waals surface area contributed by atoms with Crippen LogP contribution in [0.15, 0.2) is 0 Å². The first-order valence-electron chi connectivity index (χ1n) is 4.97. The molecule has 0 spiro atoms. The molecule has 0 aromatic carbocycles. The predicted molar refractivity (Wildman–Crippen MR) is 53.5 cm³/mol. The van der Waals surface area contributed by atoms with E-state index in [2.05, 4.69) is 31.4 Å². The second-order valence-corrected chi connectivity index (χ2v) is 4.97. The van der Waals surface area contributed by atoms with Crippen LogP contribution in [0, 0.1) is 5.41 Å². The SMILES string of the molecule is CC(C)(C)CC1CNC(=O)CCN1. The Labute approximate surface area is 80.3 Å². The molecule has 1 aliphatic rings. The lowest BCUT2D eigenvalue weighted by molar-refractivity contribution is -0.120. The lowest BCUT2D eigenvalue weighted by Crippen LogP contribution is -2.38. The number of amides is 1. The molecule has 0 saturated carbocycles. The highest BCUT2D eigenvalue weighted by atomic mass is 16.1. The normalized spacial score (nSPS) is 25.2. The van der Waals surface area contributed by atoms with Crippen molar-refractivity contribution in [2.75, 3.05) is 13.1 Å². The highest BCUT2D eigenvalue weighted by Crippen LogP contribution is 2.20. The van der Waals surface area contributed by atoms with Gasteiger partial charge in [-0.2, -0.15) is 0 Å². The van der Waals surface area contributed by atoms with Crippen molar-refractivity contribution < 1.29 is 4.79 Å². The Bertz CT molecular complexity index is 184. The zero-order valence-electron chi connectivity index (χ0n) is 8.81. The molecule has 3 heteroatoms. The van der Waals surface area contributed by atoms with Crippen LogP contribution in [0.5, 0.6) is 0 Å². The highest BCUT2D eigenvalue weighted by molar-refractivity contribution is 5.76. The molecule has 2 N–H and O–H groups in total. The molecule has 3 nitrogen and oxygen atoms in total. The van der Waals surface area contributed by atoms with E-state index in [0.717, 1.165) is 19.5 Å². The zero-order chi connectivity index (χ0) is 9.90. The van der Waals surface area contributed by atoms with Gasteiger partial charge in [0.25, 0.3) is 0 Å². The van der Waals surface area contributed by atoms with Crippen molar-refractivity contribution in [3.8, 4) is 0 Å². The lowest BCUT2D eigenvalue weighted by atomic mass is 9.88. The third-order valence-electron chi connectivity index (χ3n) is 2.19. The van der Waals surface area contributed by atoms with Gasteiger partial charge in [0.15, 0.2) is 0 Å². The summed E-state index contributed by atoms with van der Waals surface area (Å²) in [5.74, 6) is 0.170. The fourth-order valence-corrected chi connectivity index (χ4v) is 1.67. The molecule has 1 aliphatic heterocycles. The summed E-state index contributed by atoms with van der Waals surface area (Å²) in [6.07, 6.45) is 1.72. The van der Waals surface area contributed by atoms with E-state index < -0.39 is 0 Å². The Morgan fingerprint density at radius 3 is 2.77 bits per heavy atom. The lowest BCUT2D eigenvalue weighted by Gasteiger charge is -2.25. The maximum atomic E-state index is 11.0. The van der Waals surface area contributed by atoms with E-state index >= 15 is 0 Å². The van der Waals surface area contributed by atoms with Crippen LogP contribution in [0.1, 0.15) is 33.6 Å². The van der Waals surface area contributed by atoms with Gasteiger partial charge in [-0.25, -0.2) is 0 Å². The summed E-state index contributed by atoms with van der Waals surface area (Å²) in [6, 6.07) is 0.437. The Balaban J connectivity index is 2.38. The van der Waals surface area contributed by atoms with Crippen molar-refractivity contribution in [1.82, 2.24) is 10.6 Å². The molecular weight excluding hydrogens is 164 g/mol. The van der Waals surface area contributed by atoms with E-state index in [1.54, 1.807) is 0 Å². The first-order valence-corrected chi connectivity index (χ1v) is 4.97. The molecule has 1 heterocycles. The zero-order valence-corrected chi connectivity index (χ0v) is 8.81. The number of hydrogen-bond donors (Lipinski definition) is 2. The smallest absolute Gasteiger partial charge is 0.221 e. The molecule has 1 atom stereocenters. The molecule has 1 unspecified atom stereocenters. The minimum absolute atomic E-state index is 0.170. The van der Waals surface area contributed by atoms with Gasteiger partial charge in [-0.05, 0) is 11.8 Å². The van der Waals surface area contributed by atoms with Crippen LogP contribution in [0.25, 0.3) is 0 Å². The first-order chi connectivity index (χ1) is 5.97. The van der Waals surface area contributed by atoms with Gasteiger partial charge < -0.3 is 10.6 Å². The van der Waals surface area contributed by atoms with Crippen molar-refractivity contribution in [3.63, 3.8) is 0 Å². The van der Waals surface area contributed by atoms with Gasteiger partial charge in [0.2, 0.25) is 5.91 Å². The van der Waals surface area contributed by atoms with Gasteiger partial charge in [-0.1, -0.05) is 20.8 Å². The molecular formula is C10H20N2O. The third kappa shape index (κ3) is 4.27. The van der Waals surface area contributed by atoms with Crippen LogP contribution in [0.4, 0.5) is 0 Å². The monoisotopic (exact) mass is 184 g/mol. The van der Waals surface area contributed by atoms with Crippen LogP contribution in [-0.4, -0.2) is 25.0 Å². The van der Waals surface area contributed by atoms with Crippen molar-refractivity contribution >= 4 is 5.91 Å². The molecule has 0 aliphatic carbocycles. The molecule has 0 aromatic rings. The quantitative estimate of drug-likeness (QED) is 0.635. The second kappa shape index (κ2) is 4.09. The maximum Gasteiger partial charge on any atom is 0.221 e. The number of carbonyl (C=O) groups is 1. The molecule has 1 fully saturated rings.